The molecule has 0 radical (unpaired) electrons. The van der Waals surface area contributed by atoms with E-state index in [1.807, 2.05) is 6.92 Å². The molecule has 0 spiro atoms. The summed E-state index contributed by atoms with van der Waals surface area (Å²) in [6, 6.07) is 5.19. The molecule has 1 N–H and O–H groups in total. The highest BCUT2D eigenvalue weighted by atomic mass is 35.5. The van der Waals surface area contributed by atoms with Gasteiger partial charge in [0, 0.05) is 10.9 Å². The van der Waals surface area contributed by atoms with Crippen molar-refractivity contribution in [3.63, 3.8) is 0 Å². The Hall–Kier alpha value is -1.22. The van der Waals surface area contributed by atoms with E-state index in [4.69, 9.17) is 21.4 Å². The van der Waals surface area contributed by atoms with Crippen LogP contribution in [0.2, 0.25) is 5.02 Å². The molecule has 1 aliphatic carbocycles. The van der Waals surface area contributed by atoms with Crippen molar-refractivity contribution in [2.24, 2.45) is 5.92 Å². The number of halogens is 1. The number of hydrogen-bond donors (Lipinski definition) is 1. The monoisotopic (exact) mass is 240 g/mol. The number of aliphatic carboxylic acids is 1. The summed E-state index contributed by atoms with van der Waals surface area (Å²) >= 11 is 5.88. The highest BCUT2D eigenvalue weighted by Gasteiger charge is 2.38. The van der Waals surface area contributed by atoms with Gasteiger partial charge in [-0.25, -0.2) is 4.79 Å². The lowest BCUT2D eigenvalue weighted by molar-refractivity contribution is -0.146. The molecule has 16 heavy (non-hydrogen) atoms. The molecule has 1 aliphatic rings. The van der Waals surface area contributed by atoms with Crippen LogP contribution in [-0.2, 0) is 4.79 Å². The van der Waals surface area contributed by atoms with Crippen LogP contribution in [0.15, 0.2) is 18.2 Å². The quantitative estimate of drug-likeness (QED) is 0.880. The average Bonchev–Trinajstić information content (AvgIpc) is 3.03. The fourth-order valence-electron chi connectivity index (χ4n) is 1.58. The Kier molecular flexibility index (Phi) is 3.06. The first-order valence-electron chi connectivity index (χ1n) is 5.23. The molecule has 3 nitrogen and oxygen atoms in total. The molecule has 1 unspecified atom stereocenters. The van der Waals surface area contributed by atoms with Gasteiger partial charge in [0.1, 0.15) is 5.75 Å². The van der Waals surface area contributed by atoms with Gasteiger partial charge in [-0.05, 0) is 43.5 Å². The number of aryl methyl sites for hydroxylation is 1. The molecule has 0 heterocycles. The molecule has 1 fully saturated rings. The van der Waals surface area contributed by atoms with Crippen LogP contribution in [0.3, 0.4) is 0 Å². The molecule has 1 atom stereocenters. The number of benzene rings is 1. The van der Waals surface area contributed by atoms with Crippen molar-refractivity contribution < 1.29 is 14.6 Å². The summed E-state index contributed by atoms with van der Waals surface area (Å²) in [6.07, 6.45) is 1.15. The van der Waals surface area contributed by atoms with E-state index in [1.165, 1.54) is 0 Å². The predicted molar refractivity (Wildman–Crippen MR) is 61.0 cm³/mol. The highest BCUT2D eigenvalue weighted by Crippen LogP contribution is 2.35. The van der Waals surface area contributed by atoms with Gasteiger partial charge in [-0.2, -0.15) is 0 Å². The summed E-state index contributed by atoms with van der Waals surface area (Å²) in [4.78, 5) is 11.0. The second-order valence-electron chi connectivity index (χ2n) is 4.13. The molecule has 0 amide bonds. The SMILES string of the molecule is Cc1cc(OC(C(=O)O)C2CC2)ccc1Cl. The summed E-state index contributed by atoms with van der Waals surface area (Å²) in [7, 11) is 0. The molecule has 0 aromatic heterocycles. The minimum atomic E-state index is -0.893. The lowest BCUT2D eigenvalue weighted by Crippen LogP contribution is -2.29. The molecule has 0 aliphatic heterocycles. The van der Waals surface area contributed by atoms with Crippen LogP contribution >= 0.6 is 11.6 Å². The number of carboxylic acid groups (broad SMARTS) is 1. The summed E-state index contributed by atoms with van der Waals surface area (Å²) in [5.74, 6) is -0.162. The molecule has 0 bridgehead atoms. The zero-order valence-electron chi connectivity index (χ0n) is 8.94. The van der Waals surface area contributed by atoms with E-state index in [1.54, 1.807) is 18.2 Å². The van der Waals surface area contributed by atoms with E-state index in [9.17, 15) is 4.79 Å². The van der Waals surface area contributed by atoms with Gasteiger partial charge in [0.2, 0.25) is 0 Å². The van der Waals surface area contributed by atoms with E-state index in [0.29, 0.717) is 10.8 Å². The second-order valence-corrected chi connectivity index (χ2v) is 4.53. The van der Waals surface area contributed by atoms with Gasteiger partial charge in [-0.3, -0.25) is 0 Å². The minimum Gasteiger partial charge on any atom is -0.478 e. The van der Waals surface area contributed by atoms with Gasteiger partial charge < -0.3 is 9.84 Å². The third-order valence-corrected chi connectivity index (χ3v) is 3.11. The predicted octanol–water partition coefficient (Wildman–Crippen LogP) is 2.89. The maximum absolute atomic E-state index is 11.0. The number of ether oxygens (including phenoxy) is 1. The Labute approximate surface area is 99.0 Å². The number of carboxylic acids is 1. The molecule has 1 saturated carbocycles. The Balaban J connectivity index is 2.12. The maximum atomic E-state index is 11.0. The molecule has 0 saturated heterocycles. The first-order valence-corrected chi connectivity index (χ1v) is 5.61. The lowest BCUT2D eigenvalue weighted by Gasteiger charge is -2.14. The van der Waals surface area contributed by atoms with E-state index in [-0.39, 0.29) is 5.92 Å². The molecule has 1 aromatic rings. The highest BCUT2D eigenvalue weighted by molar-refractivity contribution is 6.31. The van der Waals surface area contributed by atoms with Crippen LogP contribution < -0.4 is 4.74 Å². The number of rotatable bonds is 4. The molecule has 2 rings (SSSR count). The van der Waals surface area contributed by atoms with Gasteiger partial charge in [0.05, 0.1) is 0 Å². The largest absolute Gasteiger partial charge is 0.478 e. The first-order chi connectivity index (χ1) is 7.58. The second kappa shape index (κ2) is 4.34. The van der Waals surface area contributed by atoms with Crippen molar-refractivity contribution in [3.05, 3.63) is 28.8 Å². The van der Waals surface area contributed by atoms with Crippen LogP contribution in [0.25, 0.3) is 0 Å². The van der Waals surface area contributed by atoms with Crippen LogP contribution in [-0.4, -0.2) is 17.2 Å². The normalized spacial score (nSPS) is 16.9. The summed E-state index contributed by atoms with van der Waals surface area (Å²) < 4.78 is 5.48. The molecule has 1 aromatic carbocycles. The summed E-state index contributed by atoms with van der Waals surface area (Å²) in [6.45, 7) is 1.86. The van der Waals surface area contributed by atoms with Crippen molar-refractivity contribution in [2.45, 2.75) is 25.9 Å². The van der Waals surface area contributed by atoms with E-state index in [2.05, 4.69) is 0 Å². The van der Waals surface area contributed by atoms with Crippen LogP contribution in [0.5, 0.6) is 5.75 Å². The van der Waals surface area contributed by atoms with Crippen LogP contribution in [0.4, 0.5) is 0 Å². The minimum absolute atomic E-state index is 0.161. The zero-order chi connectivity index (χ0) is 11.7. The number of hydrogen-bond acceptors (Lipinski definition) is 2. The van der Waals surface area contributed by atoms with Gasteiger partial charge in [-0.15, -0.1) is 0 Å². The lowest BCUT2D eigenvalue weighted by atomic mass is 10.2. The van der Waals surface area contributed by atoms with Crippen molar-refractivity contribution in [2.75, 3.05) is 0 Å². The third-order valence-electron chi connectivity index (χ3n) is 2.69. The molecular weight excluding hydrogens is 228 g/mol. The van der Waals surface area contributed by atoms with Gasteiger partial charge in [0.15, 0.2) is 6.10 Å². The van der Waals surface area contributed by atoms with Crippen molar-refractivity contribution >= 4 is 17.6 Å². The summed E-state index contributed by atoms with van der Waals surface area (Å²) in [5, 5.41) is 9.68. The third kappa shape index (κ3) is 2.47. The van der Waals surface area contributed by atoms with Crippen molar-refractivity contribution in [1.29, 1.82) is 0 Å². The summed E-state index contributed by atoms with van der Waals surface area (Å²) in [5.41, 5.74) is 0.888. The van der Waals surface area contributed by atoms with E-state index in [0.717, 1.165) is 18.4 Å². The van der Waals surface area contributed by atoms with Gasteiger partial charge >= 0.3 is 5.97 Å². The van der Waals surface area contributed by atoms with Gasteiger partial charge in [-0.1, -0.05) is 11.6 Å². The van der Waals surface area contributed by atoms with Crippen LogP contribution in [0, 0.1) is 12.8 Å². The Morgan fingerprint density at radius 1 is 1.56 bits per heavy atom. The smallest absolute Gasteiger partial charge is 0.345 e. The Morgan fingerprint density at radius 3 is 2.75 bits per heavy atom. The maximum Gasteiger partial charge on any atom is 0.345 e. The molecule has 86 valence electrons. The topological polar surface area (TPSA) is 46.5 Å². The zero-order valence-corrected chi connectivity index (χ0v) is 9.70. The average molecular weight is 241 g/mol. The first kappa shape index (κ1) is 11.3. The molecule has 4 heteroatoms. The Morgan fingerprint density at radius 2 is 2.25 bits per heavy atom. The molecular formula is C12H13ClO3. The van der Waals surface area contributed by atoms with Crippen molar-refractivity contribution in [3.8, 4) is 5.75 Å². The standard InChI is InChI=1S/C12H13ClO3/c1-7-6-9(4-5-10(7)13)16-11(12(14)15)8-2-3-8/h4-6,8,11H,2-3H2,1H3,(H,14,15). The fourth-order valence-corrected chi connectivity index (χ4v) is 1.70. The van der Waals surface area contributed by atoms with Gasteiger partial charge in [0.25, 0.3) is 0 Å². The van der Waals surface area contributed by atoms with E-state index < -0.39 is 12.1 Å². The van der Waals surface area contributed by atoms with Crippen molar-refractivity contribution in [1.82, 2.24) is 0 Å². The number of carbonyl (C=O) groups is 1. The van der Waals surface area contributed by atoms with Crippen LogP contribution in [0.1, 0.15) is 18.4 Å². The fraction of sp³-hybridized carbons (Fsp3) is 0.417. The van der Waals surface area contributed by atoms with E-state index >= 15 is 0 Å². The Bertz CT molecular complexity index is 413.